The van der Waals surface area contributed by atoms with Crippen molar-refractivity contribution in [3.05, 3.63) is 24.3 Å². The summed E-state index contributed by atoms with van der Waals surface area (Å²) in [5.74, 6) is -0.373. The second kappa shape index (κ2) is 2.62. The third-order valence-electron chi connectivity index (χ3n) is 2.67. The topological polar surface area (TPSA) is 52.6 Å². The molecule has 0 spiro atoms. The molecule has 4 atom stereocenters. The molecule has 3 aliphatic heterocycles. The Hall–Kier alpha value is -1.26. The van der Waals surface area contributed by atoms with Gasteiger partial charge in [-0.15, -0.1) is 0 Å². The Bertz CT molecular complexity index is 332. The average molecular weight is 192 g/mol. The third kappa shape index (κ3) is 0.951. The fraction of sp³-hybridized carbons (Fsp3) is 0.400. The normalized spacial score (nSPS) is 44.3. The first kappa shape index (κ1) is 8.08. The van der Waals surface area contributed by atoms with Gasteiger partial charge in [-0.05, 0) is 24.3 Å². The van der Waals surface area contributed by atoms with Crippen molar-refractivity contribution >= 4 is 11.6 Å². The van der Waals surface area contributed by atoms with Crippen molar-refractivity contribution in [3.8, 4) is 0 Å². The van der Waals surface area contributed by atoms with Crippen LogP contribution >= 0.6 is 0 Å². The number of hydrogen-bond acceptors (Lipinski definition) is 4. The minimum Gasteiger partial charge on any atom is -0.356 e. The van der Waals surface area contributed by atoms with Gasteiger partial charge in [-0.2, -0.15) is 0 Å². The fourth-order valence-electron chi connectivity index (χ4n) is 1.95. The molecule has 1 fully saturated rings. The second-order valence-electron chi connectivity index (χ2n) is 3.57. The minimum absolute atomic E-state index is 0.187. The first-order valence-corrected chi connectivity index (χ1v) is 4.51. The van der Waals surface area contributed by atoms with Gasteiger partial charge in [-0.25, -0.2) is 0 Å². The van der Waals surface area contributed by atoms with Gasteiger partial charge in [0.2, 0.25) is 0 Å². The van der Waals surface area contributed by atoms with Gasteiger partial charge in [-0.3, -0.25) is 9.59 Å². The first-order valence-electron chi connectivity index (χ1n) is 4.51. The zero-order chi connectivity index (χ0) is 9.71. The molecule has 0 radical (unpaired) electrons. The standard InChI is InChI=1S/C10H8O4/c11-5-1-3-7-8-4-2-6(12)10(14-8)9(5)13-7/h1-4,7-10H/t7-,8+,9+,10-. The summed E-state index contributed by atoms with van der Waals surface area (Å²) in [6.45, 7) is 0. The average Bonchev–Trinajstić information content (AvgIpc) is 2.21. The van der Waals surface area contributed by atoms with Crippen molar-refractivity contribution in [3.63, 3.8) is 0 Å². The van der Waals surface area contributed by atoms with Crippen molar-refractivity contribution in [1.82, 2.24) is 0 Å². The molecule has 3 aliphatic rings. The van der Waals surface area contributed by atoms with Crippen molar-refractivity contribution in [2.75, 3.05) is 0 Å². The first-order chi connectivity index (χ1) is 6.75. The Labute approximate surface area is 80.2 Å². The zero-order valence-electron chi connectivity index (χ0n) is 7.25. The van der Waals surface area contributed by atoms with Gasteiger partial charge >= 0.3 is 0 Å². The van der Waals surface area contributed by atoms with Gasteiger partial charge in [-0.1, -0.05) is 0 Å². The molecule has 4 bridgehead atoms. The zero-order valence-corrected chi connectivity index (χ0v) is 7.25. The van der Waals surface area contributed by atoms with E-state index in [1.807, 2.05) is 0 Å². The summed E-state index contributed by atoms with van der Waals surface area (Å²) >= 11 is 0. The molecule has 0 aromatic heterocycles. The van der Waals surface area contributed by atoms with Crippen molar-refractivity contribution in [2.45, 2.75) is 24.4 Å². The molecule has 0 amide bonds. The van der Waals surface area contributed by atoms with Crippen LogP contribution in [0.3, 0.4) is 0 Å². The van der Waals surface area contributed by atoms with E-state index in [1.54, 1.807) is 12.2 Å². The van der Waals surface area contributed by atoms with Crippen LogP contribution in [-0.4, -0.2) is 36.0 Å². The maximum Gasteiger partial charge on any atom is 0.187 e. The van der Waals surface area contributed by atoms with E-state index in [-0.39, 0.29) is 23.8 Å². The summed E-state index contributed by atoms with van der Waals surface area (Å²) in [5, 5.41) is 0. The van der Waals surface area contributed by atoms with Gasteiger partial charge in [0.05, 0.1) is 0 Å². The Balaban J connectivity index is 2.06. The molecule has 0 aromatic carbocycles. The summed E-state index contributed by atoms with van der Waals surface area (Å²) in [5.41, 5.74) is 0. The predicted molar refractivity (Wildman–Crippen MR) is 45.6 cm³/mol. The van der Waals surface area contributed by atoms with Crippen LogP contribution in [0.5, 0.6) is 0 Å². The number of ketones is 2. The lowest BCUT2D eigenvalue weighted by molar-refractivity contribution is -0.198. The van der Waals surface area contributed by atoms with Gasteiger partial charge in [0, 0.05) is 0 Å². The van der Waals surface area contributed by atoms with E-state index in [1.165, 1.54) is 12.2 Å². The number of rotatable bonds is 0. The second-order valence-corrected chi connectivity index (χ2v) is 3.57. The Morgan fingerprint density at radius 1 is 0.857 bits per heavy atom. The lowest BCUT2D eigenvalue weighted by Gasteiger charge is -2.41. The minimum atomic E-state index is -0.737. The van der Waals surface area contributed by atoms with E-state index in [0.29, 0.717) is 0 Å². The van der Waals surface area contributed by atoms with Crippen LogP contribution in [0.2, 0.25) is 0 Å². The summed E-state index contributed by atoms with van der Waals surface area (Å²) in [6.07, 6.45) is 4.40. The number of fused-ring (bicyclic) bond motifs is 6. The third-order valence-corrected chi connectivity index (χ3v) is 2.67. The van der Waals surface area contributed by atoms with Crippen molar-refractivity contribution in [2.24, 2.45) is 0 Å². The van der Waals surface area contributed by atoms with E-state index >= 15 is 0 Å². The molecule has 4 nitrogen and oxygen atoms in total. The lowest BCUT2D eigenvalue weighted by atomic mass is 9.93. The fourth-order valence-corrected chi connectivity index (χ4v) is 1.95. The molecule has 0 N–H and O–H groups in total. The van der Waals surface area contributed by atoms with Crippen molar-refractivity contribution < 1.29 is 19.1 Å². The smallest absolute Gasteiger partial charge is 0.187 e. The highest BCUT2D eigenvalue weighted by Gasteiger charge is 2.46. The Kier molecular flexibility index (Phi) is 1.51. The van der Waals surface area contributed by atoms with Gasteiger partial charge in [0.1, 0.15) is 12.2 Å². The highest BCUT2D eigenvalue weighted by Crippen LogP contribution is 2.29. The molecule has 14 heavy (non-hydrogen) atoms. The van der Waals surface area contributed by atoms with E-state index in [9.17, 15) is 9.59 Å². The summed E-state index contributed by atoms with van der Waals surface area (Å²) in [4.78, 5) is 22.8. The highest BCUT2D eigenvalue weighted by atomic mass is 16.6. The Morgan fingerprint density at radius 2 is 1.29 bits per heavy atom. The monoisotopic (exact) mass is 192 g/mol. The molecule has 3 heterocycles. The van der Waals surface area contributed by atoms with Crippen LogP contribution in [0.15, 0.2) is 24.3 Å². The summed E-state index contributed by atoms with van der Waals surface area (Å²) in [6, 6.07) is 0. The van der Waals surface area contributed by atoms with Crippen LogP contribution in [-0.2, 0) is 19.1 Å². The van der Waals surface area contributed by atoms with E-state index in [0.717, 1.165) is 0 Å². The maximum atomic E-state index is 11.4. The number of carbonyl (C=O) groups excluding carboxylic acids is 2. The molecule has 3 rings (SSSR count). The van der Waals surface area contributed by atoms with Crippen LogP contribution in [0, 0.1) is 0 Å². The van der Waals surface area contributed by atoms with Gasteiger partial charge in [0.25, 0.3) is 0 Å². The highest BCUT2D eigenvalue weighted by molar-refractivity contribution is 6.03. The molecule has 0 aliphatic carbocycles. The maximum absolute atomic E-state index is 11.4. The van der Waals surface area contributed by atoms with E-state index in [2.05, 4.69) is 0 Å². The SMILES string of the molecule is O=C1C=C[C@@H]2O[C@H]1[C@H]1O[C@@H]2C=CC1=O. The van der Waals surface area contributed by atoms with Crippen LogP contribution in [0.25, 0.3) is 0 Å². The van der Waals surface area contributed by atoms with Crippen molar-refractivity contribution in [1.29, 1.82) is 0 Å². The van der Waals surface area contributed by atoms with Crippen LogP contribution in [0.1, 0.15) is 0 Å². The molecule has 4 heteroatoms. The van der Waals surface area contributed by atoms with Gasteiger partial charge in [0.15, 0.2) is 23.8 Å². The Morgan fingerprint density at radius 3 is 1.71 bits per heavy atom. The van der Waals surface area contributed by atoms with Crippen LogP contribution in [0.4, 0.5) is 0 Å². The van der Waals surface area contributed by atoms with Gasteiger partial charge < -0.3 is 9.47 Å². The number of hydrogen-bond donors (Lipinski definition) is 0. The van der Waals surface area contributed by atoms with Crippen LogP contribution < -0.4 is 0 Å². The quantitative estimate of drug-likeness (QED) is 0.532. The number of carbonyl (C=O) groups is 2. The molecular formula is C10H8O4. The predicted octanol–water partition coefficient (Wildman–Crippen LogP) is -0.215. The summed E-state index contributed by atoms with van der Waals surface area (Å²) < 4.78 is 10.9. The molecule has 1 saturated heterocycles. The van der Waals surface area contributed by atoms with E-state index < -0.39 is 12.2 Å². The molecule has 0 aromatic rings. The molecule has 0 unspecified atom stereocenters. The molecule has 72 valence electrons. The molecule has 0 saturated carbocycles. The molecular weight excluding hydrogens is 184 g/mol. The summed E-state index contributed by atoms with van der Waals surface area (Å²) in [7, 11) is 0. The lowest BCUT2D eigenvalue weighted by Crippen LogP contribution is -2.57. The largest absolute Gasteiger partial charge is 0.356 e. The van der Waals surface area contributed by atoms with E-state index in [4.69, 9.17) is 9.47 Å². The number of ether oxygens (including phenoxy) is 2.